The molecule has 3 atom stereocenters. The van der Waals surface area contributed by atoms with Gasteiger partial charge in [-0.15, -0.1) is 0 Å². The van der Waals surface area contributed by atoms with Crippen LogP contribution in [0, 0.1) is 0 Å². The van der Waals surface area contributed by atoms with Gasteiger partial charge < -0.3 is 5.11 Å². The molecule has 1 fully saturated rings. The maximum Gasteiger partial charge on any atom is 0.0942 e. The fraction of sp³-hybridized carbons (Fsp3) is 0.647. The second-order valence-electron chi connectivity index (χ2n) is 5.86. The van der Waals surface area contributed by atoms with Crippen LogP contribution < -0.4 is 0 Å². The summed E-state index contributed by atoms with van der Waals surface area (Å²) in [5, 5.41) is 10.6. The number of aliphatic hydroxyl groups excluding tert-OH is 1. The Bertz CT molecular complexity index is 387. The second-order valence-corrected chi connectivity index (χ2v) is 5.86. The predicted octanol–water partition coefficient (Wildman–Crippen LogP) is 3.55. The number of rotatable bonds is 4. The lowest BCUT2D eigenvalue weighted by Gasteiger charge is -2.40. The zero-order chi connectivity index (χ0) is 13.8. The van der Waals surface area contributed by atoms with Crippen molar-refractivity contribution >= 4 is 0 Å². The molecule has 0 amide bonds. The number of benzene rings is 1. The van der Waals surface area contributed by atoms with Gasteiger partial charge in [0.1, 0.15) is 0 Å². The molecule has 0 radical (unpaired) electrons. The molecule has 0 aliphatic carbocycles. The van der Waals surface area contributed by atoms with Gasteiger partial charge in [0.25, 0.3) is 0 Å². The molecule has 2 nitrogen and oxygen atoms in total. The number of aliphatic hydroxyl groups is 1. The van der Waals surface area contributed by atoms with Crippen molar-refractivity contribution in [2.24, 2.45) is 0 Å². The normalized spacial score (nSPS) is 24.1. The maximum atomic E-state index is 10.6. The van der Waals surface area contributed by atoms with Gasteiger partial charge in [-0.2, -0.15) is 0 Å². The van der Waals surface area contributed by atoms with Crippen molar-refractivity contribution in [2.75, 3.05) is 6.54 Å². The molecule has 106 valence electrons. The first kappa shape index (κ1) is 14.5. The maximum absolute atomic E-state index is 10.6. The third-order valence-electron chi connectivity index (χ3n) is 4.56. The van der Waals surface area contributed by atoms with E-state index in [1.807, 2.05) is 0 Å². The summed E-state index contributed by atoms with van der Waals surface area (Å²) in [6.07, 6.45) is 4.51. The lowest BCUT2D eigenvalue weighted by molar-refractivity contribution is 0.0207. The first-order valence-corrected chi connectivity index (χ1v) is 7.66. The van der Waals surface area contributed by atoms with E-state index in [4.69, 9.17) is 0 Å². The molecule has 3 unspecified atom stereocenters. The number of hydrogen-bond acceptors (Lipinski definition) is 2. The standard InChI is InChI=1S/C17H27NO/c1-4-15-8-10-16(11-9-15)17(19)14(3)18-12-6-5-7-13(18)2/h8-11,13-14,17,19H,4-7,12H2,1-3H3. The fourth-order valence-electron chi connectivity index (χ4n) is 3.14. The quantitative estimate of drug-likeness (QED) is 0.896. The van der Waals surface area contributed by atoms with Gasteiger partial charge in [-0.3, -0.25) is 4.90 Å². The third kappa shape index (κ3) is 3.37. The van der Waals surface area contributed by atoms with Gasteiger partial charge in [-0.05, 0) is 50.8 Å². The molecule has 1 aromatic rings. The molecule has 0 aromatic heterocycles. The number of likely N-dealkylation sites (tertiary alicyclic amines) is 1. The molecule has 0 spiro atoms. The summed E-state index contributed by atoms with van der Waals surface area (Å²) in [6.45, 7) is 7.71. The number of nitrogens with zero attached hydrogens (tertiary/aromatic N) is 1. The number of piperidine rings is 1. The Kier molecular flexibility index (Phi) is 5.00. The highest BCUT2D eigenvalue weighted by atomic mass is 16.3. The van der Waals surface area contributed by atoms with Crippen LogP contribution in [0.5, 0.6) is 0 Å². The van der Waals surface area contributed by atoms with Gasteiger partial charge in [0.05, 0.1) is 6.10 Å². The average molecular weight is 261 g/mol. The largest absolute Gasteiger partial charge is 0.387 e. The molecule has 1 saturated heterocycles. The summed E-state index contributed by atoms with van der Waals surface area (Å²) in [7, 11) is 0. The Morgan fingerprint density at radius 3 is 2.53 bits per heavy atom. The van der Waals surface area contributed by atoms with Crippen LogP contribution in [0.1, 0.15) is 57.3 Å². The van der Waals surface area contributed by atoms with Gasteiger partial charge in [-0.1, -0.05) is 37.6 Å². The van der Waals surface area contributed by atoms with E-state index in [2.05, 4.69) is 49.9 Å². The van der Waals surface area contributed by atoms with Crippen molar-refractivity contribution in [1.82, 2.24) is 4.90 Å². The van der Waals surface area contributed by atoms with Crippen LogP contribution in [-0.2, 0) is 6.42 Å². The molecule has 2 rings (SSSR count). The van der Waals surface area contributed by atoms with E-state index < -0.39 is 0 Å². The van der Waals surface area contributed by atoms with Crippen molar-refractivity contribution in [3.05, 3.63) is 35.4 Å². The van der Waals surface area contributed by atoms with Crippen molar-refractivity contribution in [1.29, 1.82) is 0 Å². The van der Waals surface area contributed by atoms with Crippen molar-refractivity contribution in [3.63, 3.8) is 0 Å². The van der Waals surface area contributed by atoms with Crippen LogP contribution in [0.3, 0.4) is 0 Å². The molecular weight excluding hydrogens is 234 g/mol. The Morgan fingerprint density at radius 2 is 1.95 bits per heavy atom. The highest BCUT2D eigenvalue weighted by molar-refractivity contribution is 5.25. The van der Waals surface area contributed by atoms with Gasteiger partial charge in [0.15, 0.2) is 0 Å². The summed E-state index contributed by atoms with van der Waals surface area (Å²) in [6, 6.07) is 9.20. The molecule has 2 heteroatoms. The van der Waals surface area contributed by atoms with E-state index in [1.165, 1.54) is 24.8 Å². The fourth-order valence-corrected chi connectivity index (χ4v) is 3.14. The minimum Gasteiger partial charge on any atom is -0.387 e. The Hall–Kier alpha value is -0.860. The minimum atomic E-state index is -0.383. The van der Waals surface area contributed by atoms with Gasteiger partial charge >= 0.3 is 0 Å². The van der Waals surface area contributed by atoms with E-state index in [0.717, 1.165) is 18.5 Å². The second kappa shape index (κ2) is 6.53. The van der Waals surface area contributed by atoms with E-state index >= 15 is 0 Å². The molecule has 19 heavy (non-hydrogen) atoms. The van der Waals surface area contributed by atoms with Gasteiger partial charge in [-0.25, -0.2) is 0 Å². The summed E-state index contributed by atoms with van der Waals surface area (Å²) in [5.41, 5.74) is 2.37. The summed E-state index contributed by atoms with van der Waals surface area (Å²) < 4.78 is 0. The predicted molar refractivity (Wildman–Crippen MR) is 80.3 cm³/mol. The van der Waals surface area contributed by atoms with Crippen LogP contribution in [0.2, 0.25) is 0 Å². The van der Waals surface area contributed by atoms with Crippen LogP contribution in [-0.4, -0.2) is 28.6 Å². The third-order valence-corrected chi connectivity index (χ3v) is 4.56. The molecular formula is C17H27NO. The summed E-state index contributed by atoms with van der Waals surface area (Å²) >= 11 is 0. The van der Waals surface area contributed by atoms with Crippen molar-refractivity contribution in [3.8, 4) is 0 Å². The van der Waals surface area contributed by atoms with Crippen LogP contribution in [0.25, 0.3) is 0 Å². The van der Waals surface area contributed by atoms with Crippen molar-refractivity contribution in [2.45, 2.75) is 64.6 Å². The Labute approximate surface area is 117 Å². The van der Waals surface area contributed by atoms with E-state index in [-0.39, 0.29) is 12.1 Å². The molecule has 1 N–H and O–H groups in total. The minimum absolute atomic E-state index is 0.197. The number of aryl methyl sites for hydroxylation is 1. The van der Waals surface area contributed by atoms with Gasteiger partial charge in [0.2, 0.25) is 0 Å². The number of hydrogen-bond donors (Lipinski definition) is 1. The van der Waals surface area contributed by atoms with Gasteiger partial charge in [0, 0.05) is 12.1 Å². The summed E-state index contributed by atoms with van der Waals surface area (Å²) in [4.78, 5) is 2.46. The highest BCUT2D eigenvalue weighted by Gasteiger charge is 2.28. The molecule has 1 aliphatic rings. The van der Waals surface area contributed by atoms with E-state index in [9.17, 15) is 5.11 Å². The first-order chi connectivity index (χ1) is 9.13. The van der Waals surface area contributed by atoms with E-state index in [1.54, 1.807) is 0 Å². The molecule has 0 saturated carbocycles. The van der Waals surface area contributed by atoms with E-state index in [0.29, 0.717) is 6.04 Å². The van der Waals surface area contributed by atoms with Crippen LogP contribution >= 0.6 is 0 Å². The zero-order valence-corrected chi connectivity index (χ0v) is 12.5. The monoisotopic (exact) mass is 261 g/mol. The molecule has 1 heterocycles. The van der Waals surface area contributed by atoms with Crippen LogP contribution in [0.15, 0.2) is 24.3 Å². The molecule has 1 aliphatic heterocycles. The lowest BCUT2D eigenvalue weighted by Crippen LogP contribution is -2.46. The SMILES string of the molecule is CCc1ccc(C(O)C(C)N2CCCCC2C)cc1. The van der Waals surface area contributed by atoms with Crippen LogP contribution in [0.4, 0.5) is 0 Å². The van der Waals surface area contributed by atoms with Crippen molar-refractivity contribution < 1.29 is 5.11 Å². The average Bonchev–Trinajstić information content (AvgIpc) is 2.46. The molecule has 0 bridgehead atoms. The summed E-state index contributed by atoms with van der Waals surface area (Å²) in [5.74, 6) is 0. The highest BCUT2D eigenvalue weighted by Crippen LogP contribution is 2.27. The molecule has 1 aromatic carbocycles. The smallest absolute Gasteiger partial charge is 0.0942 e. The lowest BCUT2D eigenvalue weighted by atomic mass is 9.95. The first-order valence-electron chi connectivity index (χ1n) is 7.66. The Morgan fingerprint density at radius 1 is 1.26 bits per heavy atom. The zero-order valence-electron chi connectivity index (χ0n) is 12.5. The Balaban J connectivity index is 2.06. The topological polar surface area (TPSA) is 23.5 Å².